The maximum atomic E-state index is 13.6. The molecule has 1 atom stereocenters. The van der Waals surface area contributed by atoms with Gasteiger partial charge in [-0.15, -0.1) is 0 Å². The second-order valence-corrected chi connectivity index (χ2v) is 8.60. The molecule has 1 aliphatic carbocycles. The second-order valence-electron chi connectivity index (χ2n) is 8.60. The van der Waals surface area contributed by atoms with Crippen molar-refractivity contribution < 1.29 is 19.1 Å². The van der Waals surface area contributed by atoms with Crippen LogP contribution in [0.1, 0.15) is 44.6 Å². The van der Waals surface area contributed by atoms with Crippen LogP contribution in [0.15, 0.2) is 30.3 Å². The smallest absolute Gasteiger partial charge is 0.326 e. The molecule has 1 aromatic carbocycles. The highest BCUT2D eigenvalue weighted by molar-refractivity contribution is 6.00. The van der Waals surface area contributed by atoms with Crippen LogP contribution in [0.2, 0.25) is 0 Å². The maximum absolute atomic E-state index is 13.6. The Hall–Kier alpha value is -1.92. The molecule has 1 aromatic rings. The molecule has 3 aliphatic rings. The average molecular weight is 386 g/mol. The third kappa shape index (κ3) is 3.22. The quantitative estimate of drug-likeness (QED) is 0.796. The summed E-state index contributed by atoms with van der Waals surface area (Å²) in [5.41, 5.74) is 0.278. The lowest BCUT2D eigenvalue weighted by atomic mass is 9.68. The molecule has 6 heteroatoms. The molecule has 0 spiro atoms. The first kappa shape index (κ1) is 19.4. The summed E-state index contributed by atoms with van der Waals surface area (Å²) in [5, 5.41) is 0. The Balaban J connectivity index is 1.65. The number of carbonyl (C=O) groups is 2. The lowest BCUT2D eigenvalue weighted by Crippen LogP contribution is -2.64. The fourth-order valence-corrected chi connectivity index (χ4v) is 5.12. The molecule has 0 radical (unpaired) electrons. The van der Waals surface area contributed by atoms with Gasteiger partial charge in [0, 0.05) is 19.2 Å². The first-order valence-corrected chi connectivity index (χ1v) is 10.4. The fraction of sp³-hybridized carbons (Fsp3) is 0.636. The van der Waals surface area contributed by atoms with Gasteiger partial charge in [0.15, 0.2) is 0 Å². The van der Waals surface area contributed by atoms with Crippen LogP contribution in [-0.4, -0.2) is 55.1 Å². The van der Waals surface area contributed by atoms with E-state index in [1.807, 2.05) is 37.3 Å². The van der Waals surface area contributed by atoms with Crippen molar-refractivity contribution in [1.29, 1.82) is 0 Å². The van der Waals surface area contributed by atoms with Gasteiger partial charge < -0.3 is 14.4 Å². The molecule has 2 aliphatic heterocycles. The Morgan fingerprint density at radius 3 is 2.32 bits per heavy atom. The van der Waals surface area contributed by atoms with Crippen molar-refractivity contribution in [2.24, 2.45) is 11.3 Å². The number of rotatable bonds is 4. The van der Waals surface area contributed by atoms with Crippen LogP contribution in [0.4, 0.5) is 4.79 Å². The number of amides is 3. The summed E-state index contributed by atoms with van der Waals surface area (Å²) >= 11 is 0. The zero-order valence-corrected chi connectivity index (χ0v) is 16.9. The lowest BCUT2D eigenvalue weighted by molar-refractivity contribution is -0.186. The zero-order valence-electron chi connectivity index (χ0n) is 16.9. The molecule has 4 rings (SSSR count). The predicted octanol–water partition coefficient (Wildman–Crippen LogP) is 3.37. The molecule has 0 N–H and O–H groups in total. The van der Waals surface area contributed by atoms with E-state index in [4.69, 9.17) is 9.47 Å². The van der Waals surface area contributed by atoms with E-state index in [2.05, 4.69) is 0 Å². The van der Waals surface area contributed by atoms with Crippen LogP contribution >= 0.6 is 0 Å². The molecule has 1 saturated carbocycles. The van der Waals surface area contributed by atoms with Gasteiger partial charge in [-0.2, -0.15) is 0 Å². The normalized spacial score (nSPS) is 28.8. The minimum absolute atomic E-state index is 0.0847. The molecule has 0 bridgehead atoms. The number of hydrogen-bond donors (Lipinski definition) is 0. The Bertz CT molecular complexity index is 725. The van der Waals surface area contributed by atoms with Crippen LogP contribution in [0, 0.1) is 11.3 Å². The van der Waals surface area contributed by atoms with Gasteiger partial charge >= 0.3 is 6.03 Å². The Kier molecular flexibility index (Phi) is 5.19. The van der Waals surface area contributed by atoms with E-state index in [1.165, 1.54) is 11.3 Å². The molecule has 3 fully saturated rings. The van der Waals surface area contributed by atoms with Crippen LogP contribution in [0.3, 0.4) is 0 Å². The molecular weight excluding hydrogens is 356 g/mol. The highest BCUT2D eigenvalue weighted by Crippen LogP contribution is 2.44. The standard InChI is InChI=1S/C22H30N2O4/c1-21(17-9-5-3-6-10-17)15-23(2)20(26)24(19(21)25)16-22(27-13-14-28-22)18-11-7-4-8-12-18/h4,7-8,11-12,17H,3,5-6,9-10,13-16H2,1-2H3. The number of urea groups is 1. The molecule has 152 valence electrons. The third-order valence-electron chi connectivity index (χ3n) is 6.70. The van der Waals surface area contributed by atoms with Gasteiger partial charge in [0.2, 0.25) is 11.7 Å². The van der Waals surface area contributed by atoms with E-state index in [-0.39, 0.29) is 18.5 Å². The first-order chi connectivity index (χ1) is 13.5. The van der Waals surface area contributed by atoms with Crippen molar-refractivity contribution in [3.05, 3.63) is 35.9 Å². The summed E-state index contributed by atoms with van der Waals surface area (Å²) < 4.78 is 12.0. The van der Waals surface area contributed by atoms with Crippen molar-refractivity contribution in [2.75, 3.05) is 33.4 Å². The molecule has 0 aromatic heterocycles. The van der Waals surface area contributed by atoms with E-state index < -0.39 is 11.2 Å². The van der Waals surface area contributed by atoms with E-state index in [1.54, 1.807) is 11.9 Å². The molecule has 28 heavy (non-hydrogen) atoms. The minimum Gasteiger partial charge on any atom is -0.342 e. The summed E-state index contributed by atoms with van der Waals surface area (Å²) in [6.45, 7) is 3.49. The largest absolute Gasteiger partial charge is 0.342 e. The Labute approximate surface area is 166 Å². The zero-order chi connectivity index (χ0) is 19.8. The van der Waals surface area contributed by atoms with Gasteiger partial charge in [0.25, 0.3) is 0 Å². The predicted molar refractivity (Wildman–Crippen MR) is 104 cm³/mol. The van der Waals surface area contributed by atoms with E-state index in [0.29, 0.717) is 25.7 Å². The van der Waals surface area contributed by atoms with E-state index in [9.17, 15) is 9.59 Å². The van der Waals surface area contributed by atoms with Gasteiger partial charge in [-0.05, 0) is 25.7 Å². The van der Waals surface area contributed by atoms with E-state index >= 15 is 0 Å². The van der Waals surface area contributed by atoms with Crippen molar-refractivity contribution in [1.82, 2.24) is 9.80 Å². The summed E-state index contributed by atoms with van der Waals surface area (Å²) in [6.07, 6.45) is 5.65. The Morgan fingerprint density at radius 2 is 1.68 bits per heavy atom. The average Bonchev–Trinajstić information content (AvgIpc) is 3.21. The van der Waals surface area contributed by atoms with Gasteiger partial charge in [-0.25, -0.2) is 4.79 Å². The second kappa shape index (κ2) is 7.48. The maximum Gasteiger partial charge on any atom is 0.326 e. The topological polar surface area (TPSA) is 59.1 Å². The summed E-state index contributed by atoms with van der Waals surface area (Å²) in [7, 11) is 1.79. The van der Waals surface area contributed by atoms with Gasteiger partial charge in [0.05, 0.1) is 25.2 Å². The molecule has 1 unspecified atom stereocenters. The Morgan fingerprint density at radius 1 is 1.04 bits per heavy atom. The van der Waals surface area contributed by atoms with Crippen molar-refractivity contribution >= 4 is 11.9 Å². The van der Waals surface area contributed by atoms with Gasteiger partial charge in [0.1, 0.15) is 0 Å². The minimum atomic E-state index is -1.09. The SMILES string of the molecule is CN1CC(C)(C2CCCCC2)C(=O)N(CC2(c3ccccc3)OCCO2)C1=O. The van der Waals surface area contributed by atoms with Crippen molar-refractivity contribution in [3.8, 4) is 0 Å². The fourth-order valence-electron chi connectivity index (χ4n) is 5.12. The van der Waals surface area contributed by atoms with Crippen LogP contribution in [0.25, 0.3) is 0 Å². The number of benzene rings is 1. The van der Waals surface area contributed by atoms with Crippen LogP contribution in [-0.2, 0) is 20.1 Å². The van der Waals surface area contributed by atoms with Crippen LogP contribution < -0.4 is 0 Å². The lowest BCUT2D eigenvalue weighted by Gasteiger charge is -2.49. The van der Waals surface area contributed by atoms with Crippen molar-refractivity contribution in [3.63, 3.8) is 0 Å². The molecule has 3 amide bonds. The third-order valence-corrected chi connectivity index (χ3v) is 6.70. The highest BCUT2D eigenvalue weighted by Gasteiger charge is 2.53. The summed E-state index contributed by atoms with van der Waals surface area (Å²) in [5.74, 6) is -0.861. The number of nitrogens with zero attached hydrogens (tertiary/aromatic N) is 2. The molecule has 2 saturated heterocycles. The van der Waals surface area contributed by atoms with Crippen molar-refractivity contribution in [2.45, 2.75) is 44.8 Å². The van der Waals surface area contributed by atoms with E-state index in [0.717, 1.165) is 31.2 Å². The van der Waals surface area contributed by atoms with Gasteiger partial charge in [-0.3, -0.25) is 9.69 Å². The highest BCUT2D eigenvalue weighted by atomic mass is 16.7. The van der Waals surface area contributed by atoms with Crippen LogP contribution in [0.5, 0.6) is 0 Å². The number of ether oxygens (including phenoxy) is 2. The number of imide groups is 1. The van der Waals surface area contributed by atoms with Gasteiger partial charge in [-0.1, -0.05) is 49.6 Å². The number of carbonyl (C=O) groups excluding carboxylic acids is 2. The number of hydrogen-bond acceptors (Lipinski definition) is 4. The monoisotopic (exact) mass is 386 g/mol. The molecule has 6 nitrogen and oxygen atoms in total. The first-order valence-electron chi connectivity index (χ1n) is 10.4. The molecule has 2 heterocycles. The summed E-state index contributed by atoms with van der Waals surface area (Å²) in [6, 6.07) is 9.34. The summed E-state index contributed by atoms with van der Waals surface area (Å²) in [4.78, 5) is 29.7. The molecular formula is C22H30N2O4.